The summed E-state index contributed by atoms with van der Waals surface area (Å²) in [6.07, 6.45) is 2.83. The molecule has 0 aromatic heterocycles. The predicted molar refractivity (Wildman–Crippen MR) is 92.8 cm³/mol. The molecule has 2 N–H and O–H groups in total. The lowest BCUT2D eigenvalue weighted by Gasteiger charge is -2.39. The molecule has 25 heavy (non-hydrogen) atoms. The first-order chi connectivity index (χ1) is 11.6. The lowest BCUT2D eigenvalue weighted by molar-refractivity contribution is -0.145. The summed E-state index contributed by atoms with van der Waals surface area (Å²) in [7, 11) is -0.682. The number of hydrogen-bond acceptors (Lipinski definition) is 4. The van der Waals surface area contributed by atoms with Gasteiger partial charge in [-0.2, -0.15) is 0 Å². The lowest BCUT2D eigenvalue weighted by atomic mass is 9.73. The average Bonchev–Trinajstić information content (AvgIpc) is 2.54. The number of hydrogen-bond donors (Lipinski definition) is 2. The second kappa shape index (κ2) is 7.13. The van der Waals surface area contributed by atoms with E-state index in [2.05, 4.69) is 5.32 Å². The Morgan fingerprint density at radius 2 is 1.80 bits per heavy atom. The first-order valence-electron chi connectivity index (χ1n) is 8.16. The van der Waals surface area contributed by atoms with Gasteiger partial charge in [-0.05, 0) is 44.0 Å². The molecule has 0 saturated heterocycles. The van der Waals surface area contributed by atoms with Crippen molar-refractivity contribution in [1.82, 2.24) is 9.62 Å². The summed E-state index contributed by atoms with van der Waals surface area (Å²) in [5.41, 5.74) is -0.510. The number of nitrogens with zero attached hydrogens (tertiary/aromatic N) is 1. The van der Waals surface area contributed by atoms with Gasteiger partial charge in [-0.15, -0.1) is 0 Å². The van der Waals surface area contributed by atoms with Gasteiger partial charge in [-0.1, -0.05) is 12.8 Å². The largest absolute Gasteiger partial charge is 0.481 e. The molecule has 138 valence electrons. The average molecular weight is 368 g/mol. The number of sulfonamides is 1. The molecule has 2 atom stereocenters. The number of benzene rings is 1. The zero-order chi connectivity index (χ0) is 18.8. The number of nitrogens with one attached hydrogen (secondary N) is 1. The van der Waals surface area contributed by atoms with Crippen LogP contribution >= 0.6 is 0 Å². The highest BCUT2D eigenvalue weighted by Crippen LogP contribution is 2.34. The summed E-state index contributed by atoms with van der Waals surface area (Å²) in [4.78, 5) is 24.1. The standard InChI is InChI=1S/C17H24N2O5S/c1-17(11-5-4-6-14(17)16(21)22)18-15(20)12-7-9-13(10-8-12)25(23,24)19(2)3/h7-10,14H,4-6,11H2,1-3H3,(H,18,20)(H,21,22). The molecule has 1 fully saturated rings. The number of carboxylic acids is 1. The molecule has 7 nitrogen and oxygen atoms in total. The quantitative estimate of drug-likeness (QED) is 0.823. The molecule has 1 saturated carbocycles. The highest BCUT2D eigenvalue weighted by atomic mass is 32.2. The maximum Gasteiger partial charge on any atom is 0.308 e. The zero-order valence-corrected chi connectivity index (χ0v) is 15.5. The summed E-state index contributed by atoms with van der Waals surface area (Å²) in [6.45, 7) is 1.76. The Balaban J connectivity index is 2.19. The summed E-state index contributed by atoms with van der Waals surface area (Å²) >= 11 is 0. The molecule has 2 rings (SSSR count). The van der Waals surface area contributed by atoms with Crippen molar-refractivity contribution in [2.45, 2.75) is 43.0 Å². The summed E-state index contributed by atoms with van der Waals surface area (Å²) in [6, 6.07) is 5.63. The van der Waals surface area contributed by atoms with Crippen LogP contribution in [0.4, 0.5) is 0 Å². The Hall–Kier alpha value is -1.93. The molecular formula is C17H24N2O5S. The van der Waals surface area contributed by atoms with E-state index in [4.69, 9.17) is 0 Å². The Morgan fingerprint density at radius 3 is 2.32 bits per heavy atom. The van der Waals surface area contributed by atoms with E-state index in [1.54, 1.807) is 6.92 Å². The highest BCUT2D eigenvalue weighted by molar-refractivity contribution is 7.89. The van der Waals surface area contributed by atoms with E-state index in [0.29, 0.717) is 18.4 Å². The topological polar surface area (TPSA) is 104 Å². The monoisotopic (exact) mass is 368 g/mol. The van der Waals surface area contributed by atoms with Crippen LogP contribution in [0.15, 0.2) is 29.2 Å². The van der Waals surface area contributed by atoms with Crippen molar-refractivity contribution >= 4 is 21.9 Å². The van der Waals surface area contributed by atoms with Crippen molar-refractivity contribution in [3.8, 4) is 0 Å². The van der Waals surface area contributed by atoms with Crippen molar-refractivity contribution in [2.75, 3.05) is 14.1 Å². The van der Waals surface area contributed by atoms with Gasteiger partial charge in [0.25, 0.3) is 5.91 Å². The van der Waals surface area contributed by atoms with Crippen molar-refractivity contribution in [3.63, 3.8) is 0 Å². The lowest BCUT2D eigenvalue weighted by Crippen LogP contribution is -2.55. The van der Waals surface area contributed by atoms with Gasteiger partial charge in [-0.3, -0.25) is 9.59 Å². The van der Waals surface area contributed by atoms with Gasteiger partial charge in [0.1, 0.15) is 0 Å². The van der Waals surface area contributed by atoms with E-state index in [1.807, 2.05) is 0 Å². The molecule has 0 aliphatic heterocycles. The number of rotatable bonds is 5. The molecule has 1 aliphatic carbocycles. The van der Waals surface area contributed by atoms with Gasteiger partial charge in [0.05, 0.1) is 16.4 Å². The molecule has 1 aliphatic rings. The number of carbonyl (C=O) groups is 2. The van der Waals surface area contributed by atoms with Crippen LogP contribution in [0.3, 0.4) is 0 Å². The second-order valence-corrected chi connectivity index (χ2v) is 8.97. The molecule has 0 heterocycles. The summed E-state index contributed by atoms with van der Waals surface area (Å²) < 4.78 is 25.2. The van der Waals surface area contributed by atoms with Gasteiger partial charge in [0.15, 0.2) is 0 Å². The van der Waals surface area contributed by atoms with E-state index in [9.17, 15) is 23.1 Å². The van der Waals surface area contributed by atoms with Crippen molar-refractivity contribution in [1.29, 1.82) is 0 Å². The zero-order valence-electron chi connectivity index (χ0n) is 14.7. The van der Waals surface area contributed by atoms with E-state index >= 15 is 0 Å². The van der Waals surface area contributed by atoms with Gasteiger partial charge >= 0.3 is 5.97 Å². The van der Waals surface area contributed by atoms with Crippen LogP contribution in [-0.4, -0.2) is 49.3 Å². The van der Waals surface area contributed by atoms with E-state index in [1.165, 1.54) is 38.4 Å². The molecular weight excluding hydrogens is 344 g/mol. The van der Waals surface area contributed by atoms with Crippen LogP contribution in [0.2, 0.25) is 0 Å². The van der Waals surface area contributed by atoms with E-state index in [0.717, 1.165) is 17.1 Å². The van der Waals surface area contributed by atoms with Crippen LogP contribution in [0.5, 0.6) is 0 Å². The van der Waals surface area contributed by atoms with Gasteiger partial charge in [0.2, 0.25) is 10.0 Å². The minimum atomic E-state index is -3.55. The smallest absolute Gasteiger partial charge is 0.308 e. The molecule has 0 spiro atoms. The van der Waals surface area contributed by atoms with Crippen LogP contribution in [0.1, 0.15) is 43.0 Å². The minimum absolute atomic E-state index is 0.0985. The maximum atomic E-state index is 12.5. The van der Waals surface area contributed by atoms with Crippen LogP contribution in [0, 0.1) is 5.92 Å². The van der Waals surface area contributed by atoms with Crippen molar-refractivity contribution < 1.29 is 23.1 Å². The van der Waals surface area contributed by atoms with Gasteiger partial charge in [-0.25, -0.2) is 12.7 Å². The molecule has 1 amide bonds. The van der Waals surface area contributed by atoms with Crippen LogP contribution < -0.4 is 5.32 Å². The summed E-state index contributed by atoms with van der Waals surface area (Å²) in [5.74, 6) is -1.93. The fourth-order valence-electron chi connectivity index (χ4n) is 3.20. The molecule has 1 aromatic carbocycles. The van der Waals surface area contributed by atoms with Crippen LogP contribution in [0.25, 0.3) is 0 Å². The Labute approximate surface area is 148 Å². The fraction of sp³-hybridized carbons (Fsp3) is 0.529. The molecule has 1 aromatic rings. The molecule has 0 radical (unpaired) electrons. The first kappa shape index (κ1) is 19.4. The minimum Gasteiger partial charge on any atom is -0.481 e. The third-order valence-corrected chi connectivity index (χ3v) is 6.63. The normalized spacial score (nSPS) is 24.1. The SMILES string of the molecule is CN(C)S(=O)(=O)c1ccc(C(=O)NC2(C)CCCCC2C(=O)O)cc1. The maximum absolute atomic E-state index is 12.5. The predicted octanol–water partition coefficient (Wildman–Crippen LogP) is 1.70. The first-order valence-corrected chi connectivity index (χ1v) is 9.60. The molecule has 2 unspecified atom stereocenters. The van der Waals surface area contributed by atoms with E-state index in [-0.39, 0.29) is 4.90 Å². The Bertz CT molecular complexity index is 758. The number of aliphatic carboxylic acids is 1. The van der Waals surface area contributed by atoms with Crippen LogP contribution in [-0.2, 0) is 14.8 Å². The van der Waals surface area contributed by atoms with Crippen molar-refractivity contribution in [2.24, 2.45) is 5.92 Å². The highest BCUT2D eigenvalue weighted by Gasteiger charge is 2.42. The number of carboxylic acid groups (broad SMARTS) is 1. The Morgan fingerprint density at radius 1 is 1.20 bits per heavy atom. The summed E-state index contributed by atoms with van der Waals surface area (Å²) in [5, 5.41) is 12.3. The molecule has 8 heteroatoms. The fourth-order valence-corrected chi connectivity index (χ4v) is 4.10. The third-order valence-electron chi connectivity index (χ3n) is 4.80. The number of carbonyl (C=O) groups excluding carboxylic acids is 1. The second-order valence-electron chi connectivity index (χ2n) is 6.82. The van der Waals surface area contributed by atoms with Gasteiger partial charge < -0.3 is 10.4 Å². The van der Waals surface area contributed by atoms with Gasteiger partial charge in [0, 0.05) is 19.7 Å². The third kappa shape index (κ3) is 4.01. The Kier molecular flexibility index (Phi) is 5.53. The number of amides is 1. The van der Waals surface area contributed by atoms with Crippen molar-refractivity contribution in [3.05, 3.63) is 29.8 Å². The van der Waals surface area contributed by atoms with E-state index < -0.39 is 33.4 Å². The molecule has 0 bridgehead atoms.